The van der Waals surface area contributed by atoms with E-state index in [2.05, 4.69) is 115 Å². The van der Waals surface area contributed by atoms with E-state index in [1.165, 1.54) is 50.6 Å². The number of benzene rings is 1. The molecule has 0 amide bonds. The zero-order valence-corrected chi connectivity index (χ0v) is 23.1. The van der Waals surface area contributed by atoms with Crippen LogP contribution < -0.4 is 0 Å². The molecule has 25 heavy (non-hydrogen) atoms. The molecule has 0 atom stereocenters. The molecule has 0 heterocycles. The van der Waals surface area contributed by atoms with Crippen LogP contribution in [-0.2, 0) is 21.3 Å². The third-order valence-electron chi connectivity index (χ3n) is 5.20. The maximum atomic E-state index is 2.45. The molecule has 3 heteroatoms. The molecule has 0 fully saturated rings. The van der Waals surface area contributed by atoms with Crippen LogP contribution in [0.15, 0.2) is 30.3 Å². The Balaban J connectivity index is 0.000000217. The quantitative estimate of drug-likeness (QED) is 0.187. The average Bonchev–Trinajstić information content (AvgIpc) is 3.15. The first kappa shape index (κ1) is 23.6. The van der Waals surface area contributed by atoms with Gasteiger partial charge in [-0.15, -0.1) is 28.5 Å². The van der Waals surface area contributed by atoms with Crippen molar-refractivity contribution in [1.82, 2.24) is 0 Å². The summed E-state index contributed by atoms with van der Waals surface area (Å²) in [6, 6.07) is 10.8. The third-order valence-corrected chi connectivity index (χ3v) is 5.20. The standard InChI is InChI=1S/C11H11.C11H17.2HI.Zr/c1-8-6-7-9(2)11-5-3-4-10(8)11;1-6-11-9(4)7(2)8(3)10(11)5;;;/h3-7H,1-2H3;6H2,1-5H3;2*1H;/q2*-1;;;+4/p-2. The van der Waals surface area contributed by atoms with E-state index in [0.717, 1.165) is 0 Å². The van der Waals surface area contributed by atoms with Gasteiger partial charge in [-0.1, -0.05) is 59.6 Å². The molecule has 0 saturated carbocycles. The summed E-state index contributed by atoms with van der Waals surface area (Å²) in [6.45, 7) is 15.4. The van der Waals surface area contributed by atoms with Crippen molar-refractivity contribution in [2.75, 3.05) is 0 Å². The van der Waals surface area contributed by atoms with E-state index in [1.54, 1.807) is 5.56 Å². The minimum atomic E-state index is 0.170. The summed E-state index contributed by atoms with van der Waals surface area (Å²) in [4.78, 5) is 0. The van der Waals surface area contributed by atoms with Crippen molar-refractivity contribution in [1.29, 1.82) is 0 Å². The Labute approximate surface area is 183 Å². The molecule has 0 radical (unpaired) electrons. The molecule has 3 aromatic carbocycles. The van der Waals surface area contributed by atoms with E-state index in [1.807, 2.05) is 0 Å². The van der Waals surface area contributed by atoms with Crippen molar-refractivity contribution in [2.45, 2.75) is 54.9 Å². The zero-order valence-electron chi connectivity index (χ0n) is 16.3. The van der Waals surface area contributed by atoms with Crippen molar-refractivity contribution in [3.05, 3.63) is 69.3 Å². The molecule has 0 aliphatic rings. The Morgan fingerprint density at radius 1 is 0.880 bits per heavy atom. The van der Waals surface area contributed by atoms with Crippen LogP contribution in [-0.4, -0.2) is 0 Å². The summed E-state index contributed by atoms with van der Waals surface area (Å²) in [6.07, 6.45) is 1.17. The molecule has 0 N–H and O–H groups in total. The normalized spacial score (nSPS) is 9.80. The van der Waals surface area contributed by atoms with Crippen LogP contribution in [0.2, 0.25) is 0 Å². The fourth-order valence-electron chi connectivity index (χ4n) is 3.36. The second-order valence-corrected chi connectivity index (χ2v) is 25.4. The third kappa shape index (κ3) is 6.00. The molecule has 0 nitrogen and oxygen atoms in total. The summed E-state index contributed by atoms with van der Waals surface area (Å²) in [5.41, 5.74) is 10.3. The first-order valence-electron chi connectivity index (χ1n) is 8.59. The second kappa shape index (κ2) is 11.4. The molecular formula is C22H28I2Zr. The molecule has 134 valence electrons. The minimum absolute atomic E-state index is 0.170. The Hall–Kier alpha value is 0.523. The van der Waals surface area contributed by atoms with E-state index in [0.29, 0.717) is 0 Å². The Morgan fingerprint density at radius 3 is 1.76 bits per heavy atom. The summed E-state index contributed by atoms with van der Waals surface area (Å²) in [7, 11) is 0. The van der Waals surface area contributed by atoms with E-state index >= 15 is 0 Å². The van der Waals surface area contributed by atoms with Gasteiger partial charge >= 0.3 is 50.9 Å². The van der Waals surface area contributed by atoms with Gasteiger partial charge in [-0.3, -0.25) is 0 Å². The number of rotatable bonds is 1. The summed E-state index contributed by atoms with van der Waals surface area (Å²) in [5.74, 6) is 0. The molecule has 0 bridgehead atoms. The SMILES string of the molecule is CC[c-]1c(C)c(C)c(C)c1C.Cc1ccc(C)c2[cH-]ccc12.[I][Zr+2][I]. The average molecular weight is 637 g/mol. The molecule has 0 unspecified atom stereocenters. The van der Waals surface area contributed by atoms with Crippen molar-refractivity contribution < 1.29 is 14.9 Å². The van der Waals surface area contributed by atoms with Gasteiger partial charge < -0.3 is 0 Å². The van der Waals surface area contributed by atoms with E-state index in [4.69, 9.17) is 0 Å². The van der Waals surface area contributed by atoms with Crippen LogP contribution in [0.25, 0.3) is 10.8 Å². The molecule has 0 saturated heterocycles. The van der Waals surface area contributed by atoms with Gasteiger partial charge in [0.05, 0.1) is 0 Å². The van der Waals surface area contributed by atoms with Gasteiger partial charge in [-0.05, 0) is 6.92 Å². The number of halogens is 2. The molecule has 3 aromatic rings. The van der Waals surface area contributed by atoms with Crippen molar-refractivity contribution in [2.24, 2.45) is 0 Å². The Kier molecular flexibility index (Phi) is 10.7. The number of hydrogen-bond acceptors (Lipinski definition) is 0. The fraction of sp³-hybridized carbons (Fsp3) is 0.364. The van der Waals surface area contributed by atoms with Gasteiger partial charge in [-0.25, -0.2) is 0 Å². The fourth-order valence-corrected chi connectivity index (χ4v) is 3.36. The van der Waals surface area contributed by atoms with Gasteiger partial charge in [0.25, 0.3) is 0 Å². The van der Waals surface area contributed by atoms with E-state index < -0.39 is 0 Å². The molecule has 0 aromatic heterocycles. The predicted molar refractivity (Wildman–Crippen MR) is 127 cm³/mol. The summed E-state index contributed by atoms with van der Waals surface area (Å²) >= 11 is 5.06. The number of hydrogen-bond donors (Lipinski definition) is 0. The van der Waals surface area contributed by atoms with Gasteiger partial charge in [0.1, 0.15) is 0 Å². The second-order valence-electron chi connectivity index (χ2n) is 6.46. The van der Waals surface area contributed by atoms with Crippen LogP contribution >= 0.6 is 36.1 Å². The van der Waals surface area contributed by atoms with Crippen LogP contribution in [0, 0.1) is 41.5 Å². The van der Waals surface area contributed by atoms with Crippen molar-refractivity contribution in [3.8, 4) is 0 Å². The van der Waals surface area contributed by atoms with Crippen LogP contribution in [0.5, 0.6) is 0 Å². The summed E-state index contributed by atoms with van der Waals surface area (Å²) < 4.78 is 0. The number of fused-ring (bicyclic) bond motifs is 1. The first-order chi connectivity index (χ1) is 11.8. The molecule has 0 aliphatic carbocycles. The van der Waals surface area contributed by atoms with Crippen LogP contribution in [0.3, 0.4) is 0 Å². The topological polar surface area (TPSA) is 0 Å². The van der Waals surface area contributed by atoms with Crippen LogP contribution in [0.1, 0.15) is 45.9 Å². The monoisotopic (exact) mass is 636 g/mol. The Morgan fingerprint density at radius 2 is 1.36 bits per heavy atom. The van der Waals surface area contributed by atoms with Gasteiger partial charge in [-0.2, -0.15) is 39.9 Å². The number of aryl methyl sites for hydroxylation is 2. The summed E-state index contributed by atoms with van der Waals surface area (Å²) in [5, 5.41) is 2.79. The van der Waals surface area contributed by atoms with E-state index in [-0.39, 0.29) is 14.9 Å². The van der Waals surface area contributed by atoms with Gasteiger partial charge in [0.2, 0.25) is 0 Å². The zero-order chi connectivity index (χ0) is 19.1. The van der Waals surface area contributed by atoms with Crippen LogP contribution in [0.4, 0.5) is 0 Å². The van der Waals surface area contributed by atoms with Gasteiger partial charge in [0, 0.05) is 0 Å². The van der Waals surface area contributed by atoms with Crippen molar-refractivity contribution >= 4 is 46.9 Å². The molecule has 0 aliphatic heterocycles. The first-order valence-corrected chi connectivity index (χ1v) is 23.2. The van der Waals surface area contributed by atoms with E-state index in [9.17, 15) is 0 Å². The Bertz CT molecular complexity index is 748. The maximum absolute atomic E-state index is 2.45. The molecule has 0 spiro atoms. The predicted octanol–water partition coefficient (Wildman–Crippen LogP) is 8.15. The van der Waals surface area contributed by atoms with Gasteiger partial charge in [0.15, 0.2) is 0 Å². The molecular weight excluding hydrogens is 609 g/mol. The molecule has 3 rings (SSSR count). The van der Waals surface area contributed by atoms with Crippen molar-refractivity contribution in [3.63, 3.8) is 0 Å².